The van der Waals surface area contributed by atoms with Crippen LogP contribution in [0.25, 0.3) is 0 Å². The maximum absolute atomic E-state index is 12.7. The summed E-state index contributed by atoms with van der Waals surface area (Å²) in [4.78, 5) is 14.6. The second-order valence-corrected chi connectivity index (χ2v) is 5.65. The van der Waals surface area contributed by atoms with Crippen molar-refractivity contribution in [3.05, 3.63) is 28.8 Å². The molecule has 0 heterocycles. The highest BCUT2D eigenvalue weighted by Gasteiger charge is 2.20. The first-order valence-corrected chi connectivity index (χ1v) is 7.73. The van der Waals surface area contributed by atoms with Gasteiger partial charge in [0, 0.05) is 29.8 Å². The van der Waals surface area contributed by atoms with Gasteiger partial charge in [0.15, 0.2) is 0 Å². The number of benzene rings is 1. The van der Waals surface area contributed by atoms with Crippen molar-refractivity contribution in [2.45, 2.75) is 46.6 Å². The van der Waals surface area contributed by atoms with E-state index in [0.29, 0.717) is 10.6 Å². The van der Waals surface area contributed by atoms with Gasteiger partial charge in [-0.2, -0.15) is 0 Å². The molecule has 1 N–H and O–H groups in total. The number of hydrogen-bond donors (Lipinski definition) is 1. The summed E-state index contributed by atoms with van der Waals surface area (Å²) >= 11 is 6.06. The molecular weight excluding hydrogens is 272 g/mol. The highest BCUT2D eigenvalue weighted by atomic mass is 35.5. The molecule has 0 radical (unpaired) electrons. The van der Waals surface area contributed by atoms with Crippen LogP contribution >= 0.6 is 11.6 Å². The fraction of sp³-hybridized carbons (Fsp3) is 0.562. The molecule has 0 saturated heterocycles. The molecular formula is C16H25ClN2O. The van der Waals surface area contributed by atoms with Crippen molar-refractivity contribution in [3.8, 4) is 0 Å². The van der Waals surface area contributed by atoms with E-state index in [0.717, 1.165) is 31.6 Å². The maximum atomic E-state index is 12.7. The van der Waals surface area contributed by atoms with Crippen LogP contribution in [0.5, 0.6) is 0 Å². The Balaban J connectivity index is 3.08. The maximum Gasteiger partial charge on any atom is 0.256 e. The number of carbonyl (C=O) groups excluding carboxylic acids is 1. The minimum Gasteiger partial charge on any atom is -0.384 e. The van der Waals surface area contributed by atoms with Gasteiger partial charge in [-0.15, -0.1) is 0 Å². The van der Waals surface area contributed by atoms with Crippen LogP contribution in [0.15, 0.2) is 18.2 Å². The molecule has 0 aliphatic heterocycles. The number of nitrogens with zero attached hydrogens (tertiary/aromatic N) is 1. The van der Waals surface area contributed by atoms with Crippen molar-refractivity contribution < 1.29 is 4.79 Å². The van der Waals surface area contributed by atoms with Gasteiger partial charge in [-0.25, -0.2) is 0 Å². The zero-order chi connectivity index (χ0) is 15.1. The van der Waals surface area contributed by atoms with E-state index < -0.39 is 0 Å². The quantitative estimate of drug-likeness (QED) is 0.807. The first-order chi connectivity index (χ1) is 9.51. The van der Waals surface area contributed by atoms with Gasteiger partial charge in [-0.05, 0) is 44.9 Å². The molecule has 1 aromatic carbocycles. The molecule has 0 spiro atoms. The predicted molar refractivity (Wildman–Crippen MR) is 86.7 cm³/mol. The average Bonchev–Trinajstić information content (AvgIpc) is 2.42. The third-order valence-corrected chi connectivity index (χ3v) is 3.36. The van der Waals surface area contributed by atoms with Crippen molar-refractivity contribution >= 4 is 23.2 Å². The summed E-state index contributed by atoms with van der Waals surface area (Å²) in [5, 5.41) is 3.89. The normalized spacial score (nSPS) is 10.7. The molecule has 3 nitrogen and oxygen atoms in total. The third-order valence-electron chi connectivity index (χ3n) is 3.13. The molecule has 20 heavy (non-hydrogen) atoms. The summed E-state index contributed by atoms with van der Waals surface area (Å²) in [6, 6.07) is 5.64. The van der Waals surface area contributed by atoms with E-state index in [9.17, 15) is 4.79 Å². The van der Waals surface area contributed by atoms with E-state index >= 15 is 0 Å². The second-order valence-electron chi connectivity index (χ2n) is 5.21. The fourth-order valence-electron chi connectivity index (χ4n) is 2.10. The molecule has 1 aromatic rings. The standard InChI is InChI=1S/C16H25ClN2O/c1-5-9-18-15-8-7-13(17)11-14(15)16(20)19(10-6-2)12(3)4/h7-8,11-12,18H,5-6,9-10H2,1-4H3. The Morgan fingerprint density at radius 2 is 2.00 bits per heavy atom. The number of rotatable bonds is 7. The van der Waals surface area contributed by atoms with Crippen LogP contribution in [0.1, 0.15) is 50.9 Å². The van der Waals surface area contributed by atoms with Crippen LogP contribution in [0, 0.1) is 0 Å². The van der Waals surface area contributed by atoms with Gasteiger partial charge < -0.3 is 10.2 Å². The Labute approximate surface area is 127 Å². The number of halogens is 1. The lowest BCUT2D eigenvalue weighted by molar-refractivity contribution is 0.0707. The molecule has 1 amide bonds. The zero-order valence-electron chi connectivity index (χ0n) is 12.9. The Kier molecular flexibility index (Phi) is 6.86. The summed E-state index contributed by atoms with van der Waals surface area (Å²) in [6.45, 7) is 9.86. The van der Waals surface area contributed by atoms with E-state index in [4.69, 9.17) is 11.6 Å². The summed E-state index contributed by atoms with van der Waals surface area (Å²) in [5.74, 6) is 0.0444. The van der Waals surface area contributed by atoms with E-state index in [2.05, 4.69) is 19.2 Å². The van der Waals surface area contributed by atoms with Gasteiger partial charge in [-0.1, -0.05) is 25.4 Å². The molecule has 0 aliphatic rings. The number of carbonyl (C=O) groups is 1. The van der Waals surface area contributed by atoms with Gasteiger partial charge >= 0.3 is 0 Å². The van der Waals surface area contributed by atoms with Gasteiger partial charge in [0.2, 0.25) is 0 Å². The third kappa shape index (κ3) is 4.41. The highest BCUT2D eigenvalue weighted by Crippen LogP contribution is 2.23. The molecule has 0 atom stereocenters. The molecule has 0 fully saturated rings. The van der Waals surface area contributed by atoms with Crippen molar-refractivity contribution in [2.75, 3.05) is 18.4 Å². The molecule has 112 valence electrons. The zero-order valence-corrected chi connectivity index (χ0v) is 13.6. The predicted octanol–water partition coefficient (Wildman–Crippen LogP) is 4.42. The Bertz CT molecular complexity index is 446. The highest BCUT2D eigenvalue weighted by molar-refractivity contribution is 6.31. The molecule has 0 aromatic heterocycles. The van der Waals surface area contributed by atoms with E-state index in [1.165, 1.54) is 0 Å². The van der Waals surface area contributed by atoms with Crippen LogP contribution in [-0.4, -0.2) is 29.9 Å². The van der Waals surface area contributed by atoms with Crippen molar-refractivity contribution in [2.24, 2.45) is 0 Å². The lowest BCUT2D eigenvalue weighted by Gasteiger charge is -2.27. The summed E-state index contributed by atoms with van der Waals surface area (Å²) in [5.41, 5.74) is 1.52. The fourth-order valence-corrected chi connectivity index (χ4v) is 2.27. The monoisotopic (exact) mass is 296 g/mol. The van der Waals surface area contributed by atoms with Crippen LogP contribution < -0.4 is 5.32 Å². The van der Waals surface area contributed by atoms with Gasteiger partial charge in [0.05, 0.1) is 5.56 Å². The Morgan fingerprint density at radius 3 is 2.55 bits per heavy atom. The largest absolute Gasteiger partial charge is 0.384 e. The van der Waals surface area contributed by atoms with Gasteiger partial charge in [0.25, 0.3) is 5.91 Å². The molecule has 0 unspecified atom stereocenters. The van der Waals surface area contributed by atoms with Crippen molar-refractivity contribution in [3.63, 3.8) is 0 Å². The van der Waals surface area contributed by atoms with Crippen LogP contribution in [0.4, 0.5) is 5.69 Å². The van der Waals surface area contributed by atoms with Crippen LogP contribution in [0.2, 0.25) is 5.02 Å². The first-order valence-electron chi connectivity index (χ1n) is 7.35. The van der Waals surface area contributed by atoms with Gasteiger partial charge in [-0.3, -0.25) is 4.79 Å². The number of anilines is 1. The van der Waals surface area contributed by atoms with Crippen molar-refractivity contribution in [1.29, 1.82) is 0 Å². The van der Waals surface area contributed by atoms with Crippen LogP contribution in [0.3, 0.4) is 0 Å². The molecule has 0 aliphatic carbocycles. The van der Waals surface area contributed by atoms with Crippen LogP contribution in [-0.2, 0) is 0 Å². The average molecular weight is 297 g/mol. The number of hydrogen-bond acceptors (Lipinski definition) is 2. The SMILES string of the molecule is CCCNc1ccc(Cl)cc1C(=O)N(CCC)C(C)C. The molecule has 4 heteroatoms. The minimum absolute atomic E-state index is 0.0444. The van der Waals surface area contributed by atoms with E-state index in [-0.39, 0.29) is 11.9 Å². The molecule has 1 rings (SSSR count). The molecule has 0 bridgehead atoms. The smallest absolute Gasteiger partial charge is 0.256 e. The van der Waals surface area contributed by atoms with E-state index in [1.54, 1.807) is 6.07 Å². The number of nitrogens with one attached hydrogen (secondary N) is 1. The topological polar surface area (TPSA) is 32.3 Å². The van der Waals surface area contributed by atoms with E-state index in [1.807, 2.05) is 30.9 Å². The summed E-state index contributed by atoms with van der Waals surface area (Å²) in [7, 11) is 0. The lowest BCUT2D eigenvalue weighted by Crippen LogP contribution is -2.37. The first kappa shape index (κ1) is 16.8. The number of amides is 1. The second kappa shape index (κ2) is 8.15. The lowest BCUT2D eigenvalue weighted by atomic mass is 10.1. The minimum atomic E-state index is 0.0444. The van der Waals surface area contributed by atoms with Gasteiger partial charge in [0.1, 0.15) is 0 Å². The summed E-state index contributed by atoms with van der Waals surface area (Å²) in [6.07, 6.45) is 1.96. The summed E-state index contributed by atoms with van der Waals surface area (Å²) < 4.78 is 0. The molecule has 0 saturated carbocycles. The Hall–Kier alpha value is -1.22. The van der Waals surface area contributed by atoms with Crippen molar-refractivity contribution in [1.82, 2.24) is 4.90 Å². The Morgan fingerprint density at radius 1 is 1.30 bits per heavy atom.